The van der Waals surface area contributed by atoms with E-state index in [0.717, 1.165) is 17.5 Å². The Kier molecular flexibility index (Phi) is 2.52. The van der Waals surface area contributed by atoms with Crippen LogP contribution in [0.4, 0.5) is 5.69 Å². The van der Waals surface area contributed by atoms with Gasteiger partial charge in [-0.05, 0) is 13.3 Å². The van der Waals surface area contributed by atoms with Crippen molar-refractivity contribution in [3.05, 3.63) is 17.4 Å². The molecule has 2 heterocycles. The molecule has 4 nitrogen and oxygen atoms in total. The quantitative estimate of drug-likeness (QED) is 0.853. The van der Waals surface area contributed by atoms with Gasteiger partial charge in [0.1, 0.15) is 0 Å². The van der Waals surface area contributed by atoms with Gasteiger partial charge in [-0.1, -0.05) is 18.5 Å². The normalized spacial score (nSPS) is 13.3. The summed E-state index contributed by atoms with van der Waals surface area (Å²) in [4.78, 5) is 4.26. The molecule has 0 radical (unpaired) electrons. The Labute approximate surface area is 93.0 Å². The molecule has 0 fully saturated rings. The van der Waals surface area contributed by atoms with Gasteiger partial charge < -0.3 is 5.73 Å². The number of anilines is 1. The molecule has 2 aromatic rings. The summed E-state index contributed by atoms with van der Waals surface area (Å²) >= 11 is 6.07. The monoisotopic (exact) mass is 224 g/mol. The van der Waals surface area contributed by atoms with Crippen LogP contribution in [0.3, 0.4) is 0 Å². The molecule has 0 aliphatic heterocycles. The lowest BCUT2D eigenvalue weighted by atomic mass is 10.2. The van der Waals surface area contributed by atoms with Gasteiger partial charge in [0.25, 0.3) is 0 Å². The number of halogens is 1. The first-order chi connectivity index (χ1) is 7.15. The fourth-order valence-corrected chi connectivity index (χ4v) is 1.66. The molecule has 0 saturated heterocycles. The summed E-state index contributed by atoms with van der Waals surface area (Å²) in [6.45, 7) is 4.20. The Morgan fingerprint density at radius 1 is 1.53 bits per heavy atom. The molecule has 0 aromatic carbocycles. The molecule has 0 amide bonds. The molecule has 80 valence electrons. The summed E-state index contributed by atoms with van der Waals surface area (Å²) in [5.41, 5.74) is 6.96. The van der Waals surface area contributed by atoms with Crippen molar-refractivity contribution in [2.45, 2.75) is 26.3 Å². The molecule has 0 aliphatic rings. The van der Waals surface area contributed by atoms with Gasteiger partial charge in [-0.25, -0.2) is 9.67 Å². The summed E-state index contributed by atoms with van der Waals surface area (Å²) in [6.07, 6.45) is 4.29. The molecule has 2 rings (SSSR count). The van der Waals surface area contributed by atoms with Crippen molar-refractivity contribution in [3.63, 3.8) is 0 Å². The van der Waals surface area contributed by atoms with Crippen molar-refractivity contribution in [2.75, 3.05) is 5.73 Å². The average Bonchev–Trinajstić information content (AvgIpc) is 2.66. The van der Waals surface area contributed by atoms with Crippen LogP contribution in [0.15, 0.2) is 12.4 Å². The van der Waals surface area contributed by atoms with Crippen molar-refractivity contribution in [3.8, 4) is 0 Å². The van der Waals surface area contributed by atoms with Gasteiger partial charge in [0.05, 0.1) is 34.5 Å². The highest BCUT2D eigenvalue weighted by atomic mass is 35.5. The fraction of sp³-hybridized carbons (Fsp3) is 0.400. The average molecular weight is 225 g/mol. The van der Waals surface area contributed by atoms with Crippen LogP contribution in [-0.2, 0) is 0 Å². The smallest absolute Gasteiger partial charge is 0.159 e. The maximum Gasteiger partial charge on any atom is 0.159 e. The molecule has 0 saturated carbocycles. The van der Waals surface area contributed by atoms with E-state index in [1.807, 2.05) is 4.68 Å². The van der Waals surface area contributed by atoms with Crippen LogP contribution in [0.1, 0.15) is 26.3 Å². The van der Waals surface area contributed by atoms with Crippen LogP contribution in [0, 0.1) is 0 Å². The second-order valence-electron chi connectivity index (χ2n) is 3.61. The number of hydrogen-bond acceptors (Lipinski definition) is 3. The maximum atomic E-state index is 6.07. The highest BCUT2D eigenvalue weighted by Gasteiger charge is 2.12. The highest BCUT2D eigenvalue weighted by Crippen LogP contribution is 2.28. The number of rotatable bonds is 2. The van der Waals surface area contributed by atoms with Gasteiger partial charge in [-0.15, -0.1) is 0 Å². The summed E-state index contributed by atoms with van der Waals surface area (Å²) in [7, 11) is 0. The number of nitrogen functional groups attached to an aromatic ring is 1. The van der Waals surface area contributed by atoms with Crippen LogP contribution in [0.5, 0.6) is 0 Å². The van der Waals surface area contributed by atoms with Crippen LogP contribution in [0.25, 0.3) is 11.0 Å². The zero-order valence-corrected chi connectivity index (χ0v) is 9.49. The van der Waals surface area contributed by atoms with Gasteiger partial charge >= 0.3 is 0 Å². The Hall–Kier alpha value is -1.29. The highest BCUT2D eigenvalue weighted by molar-refractivity contribution is 6.37. The molecule has 0 aliphatic carbocycles. The van der Waals surface area contributed by atoms with E-state index in [4.69, 9.17) is 17.3 Å². The zero-order valence-electron chi connectivity index (χ0n) is 8.74. The second-order valence-corrected chi connectivity index (χ2v) is 3.99. The van der Waals surface area contributed by atoms with Crippen molar-refractivity contribution in [2.24, 2.45) is 0 Å². The van der Waals surface area contributed by atoms with E-state index in [1.54, 1.807) is 12.4 Å². The largest absolute Gasteiger partial charge is 0.396 e. The third-order valence-electron chi connectivity index (χ3n) is 2.59. The minimum atomic E-state index is 0.315. The number of nitrogens with two attached hydrogens (primary N) is 1. The molecule has 2 N–H and O–H groups in total. The SMILES string of the molecule is CCC(C)n1ncc2c(Cl)c(N)cnc21. The third-order valence-corrected chi connectivity index (χ3v) is 3.02. The lowest BCUT2D eigenvalue weighted by molar-refractivity contribution is 0.490. The summed E-state index contributed by atoms with van der Waals surface area (Å²) in [6, 6.07) is 0.315. The molecular weight excluding hydrogens is 212 g/mol. The minimum absolute atomic E-state index is 0.315. The molecule has 5 heteroatoms. The van der Waals surface area contributed by atoms with Crippen molar-refractivity contribution < 1.29 is 0 Å². The Morgan fingerprint density at radius 3 is 2.93 bits per heavy atom. The molecule has 0 spiro atoms. The van der Waals surface area contributed by atoms with Crippen LogP contribution in [-0.4, -0.2) is 14.8 Å². The van der Waals surface area contributed by atoms with E-state index < -0.39 is 0 Å². The number of aromatic nitrogens is 3. The van der Waals surface area contributed by atoms with Crippen LogP contribution in [0.2, 0.25) is 5.02 Å². The molecule has 15 heavy (non-hydrogen) atoms. The molecule has 2 aromatic heterocycles. The minimum Gasteiger partial charge on any atom is -0.396 e. The lowest BCUT2D eigenvalue weighted by Crippen LogP contribution is -2.06. The van der Waals surface area contributed by atoms with E-state index in [-0.39, 0.29) is 0 Å². The van der Waals surface area contributed by atoms with Gasteiger partial charge in [-0.3, -0.25) is 0 Å². The Morgan fingerprint density at radius 2 is 2.27 bits per heavy atom. The number of pyridine rings is 1. The number of hydrogen-bond donors (Lipinski definition) is 1. The van der Waals surface area contributed by atoms with E-state index >= 15 is 0 Å². The summed E-state index contributed by atoms with van der Waals surface area (Å²) in [5.74, 6) is 0. The van der Waals surface area contributed by atoms with E-state index in [2.05, 4.69) is 23.9 Å². The first-order valence-electron chi connectivity index (χ1n) is 4.92. The maximum absolute atomic E-state index is 6.07. The van der Waals surface area contributed by atoms with Crippen molar-refractivity contribution in [1.82, 2.24) is 14.8 Å². The first-order valence-corrected chi connectivity index (χ1v) is 5.30. The number of fused-ring (bicyclic) bond motifs is 1. The predicted octanol–water partition coefficient (Wildman–Crippen LogP) is 2.64. The van der Waals surface area contributed by atoms with Crippen LogP contribution < -0.4 is 5.73 Å². The third kappa shape index (κ3) is 1.55. The van der Waals surface area contributed by atoms with E-state index in [0.29, 0.717) is 16.8 Å². The Bertz CT molecular complexity index is 491. The first kappa shape index (κ1) is 10.2. The van der Waals surface area contributed by atoms with Gasteiger partial charge in [-0.2, -0.15) is 5.10 Å². The molecule has 1 atom stereocenters. The van der Waals surface area contributed by atoms with Crippen molar-refractivity contribution >= 4 is 28.3 Å². The molecule has 0 bridgehead atoms. The van der Waals surface area contributed by atoms with Crippen LogP contribution >= 0.6 is 11.6 Å². The fourth-order valence-electron chi connectivity index (χ4n) is 1.48. The van der Waals surface area contributed by atoms with Gasteiger partial charge in [0, 0.05) is 0 Å². The predicted molar refractivity (Wildman–Crippen MR) is 62.0 cm³/mol. The van der Waals surface area contributed by atoms with Crippen molar-refractivity contribution in [1.29, 1.82) is 0 Å². The Balaban J connectivity index is 2.67. The second kappa shape index (κ2) is 3.70. The van der Waals surface area contributed by atoms with Gasteiger partial charge in [0.15, 0.2) is 5.65 Å². The topological polar surface area (TPSA) is 56.7 Å². The lowest BCUT2D eigenvalue weighted by Gasteiger charge is -2.09. The van der Waals surface area contributed by atoms with E-state index in [1.165, 1.54) is 0 Å². The van der Waals surface area contributed by atoms with Gasteiger partial charge in [0.2, 0.25) is 0 Å². The number of nitrogens with zero attached hydrogens (tertiary/aromatic N) is 3. The summed E-state index contributed by atoms with van der Waals surface area (Å²) in [5, 5.41) is 5.64. The molecular formula is C10H13ClN4. The molecule has 1 unspecified atom stereocenters. The van der Waals surface area contributed by atoms with E-state index in [9.17, 15) is 0 Å². The zero-order chi connectivity index (χ0) is 11.0. The summed E-state index contributed by atoms with van der Waals surface area (Å²) < 4.78 is 1.88. The standard InChI is InChI=1S/C10H13ClN4/c1-3-6(2)15-10-7(4-14-15)9(11)8(12)5-13-10/h4-6H,3,12H2,1-2H3.